The van der Waals surface area contributed by atoms with Gasteiger partial charge in [-0.2, -0.15) is 0 Å². The molecule has 1 aromatic rings. The number of esters is 1. The molecule has 0 aliphatic carbocycles. The number of benzene rings is 1. The standard InChI is InChI=1S/C16H25N3O3.HI/c1-6-17-16(19-11(2)3)18-10-12-7-8-14(21-4)13(9-12)15(20)22-5;/h7-9,11H,6,10H2,1-5H3,(H2,17,18,19);1H. The van der Waals surface area contributed by atoms with Gasteiger partial charge in [-0.3, -0.25) is 0 Å². The molecule has 23 heavy (non-hydrogen) atoms. The zero-order valence-electron chi connectivity index (χ0n) is 14.3. The summed E-state index contributed by atoms with van der Waals surface area (Å²) in [6, 6.07) is 5.67. The van der Waals surface area contributed by atoms with Crippen LogP contribution >= 0.6 is 24.0 Å². The molecule has 6 nitrogen and oxygen atoms in total. The predicted molar refractivity (Wildman–Crippen MR) is 103 cm³/mol. The highest BCUT2D eigenvalue weighted by molar-refractivity contribution is 14.0. The van der Waals surface area contributed by atoms with Crippen LogP contribution in [0.5, 0.6) is 5.75 Å². The molecule has 0 atom stereocenters. The van der Waals surface area contributed by atoms with E-state index in [9.17, 15) is 4.79 Å². The number of methoxy groups -OCH3 is 2. The molecule has 0 bridgehead atoms. The molecule has 0 unspecified atom stereocenters. The van der Waals surface area contributed by atoms with Crippen LogP contribution in [0, 0.1) is 0 Å². The Kier molecular flexibility index (Phi) is 10.4. The van der Waals surface area contributed by atoms with Gasteiger partial charge in [0.05, 0.1) is 20.8 Å². The van der Waals surface area contributed by atoms with Gasteiger partial charge < -0.3 is 20.1 Å². The van der Waals surface area contributed by atoms with E-state index in [1.165, 1.54) is 14.2 Å². The maximum atomic E-state index is 11.8. The summed E-state index contributed by atoms with van der Waals surface area (Å²) in [5, 5.41) is 6.42. The largest absolute Gasteiger partial charge is 0.496 e. The van der Waals surface area contributed by atoms with Crippen LogP contribution in [0.3, 0.4) is 0 Å². The molecule has 2 N–H and O–H groups in total. The Hall–Kier alpha value is -1.51. The summed E-state index contributed by atoms with van der Waals surface area (Å²) in [5.74, 6) is 0.814. The third kappa shape index (κ3) is 7.06. The van der Waals surface area contributed by atoms with Crippen LogP contribution in [0.1, 0.15) is 36.7 Å². The Morgan fingerprint density at radius 1 is 1.30 bits per heavy atom. The van der Waals surface area contributed by atoms with Gasteiger partial charge >= 0.3 is 5.97 Å². The van der Waals surface area contributed by atoms with Gasteiger partial charge in [0, 0.05) is 12.6 Å². The van der Waals surface area contributed by atoms with Crippen LogP contribution in [-0.4, -0.2) is 38.7 Å². The van der Waals surface area contributed by atoms with Crippen LogP contribution in [0.25, 0.3) is 0 Å². The van der Waals surface area contributed by atoms with Crippen molar-refractivity contribution in [3.05, 3.63) is 29.3 Å². The Morgan fingerprint density at radius 2 is 2.00 bits per heavy atom. The van der Waals surface area contributed by atoms with Gasteiger partial charge in [-0.25, -0.2) is 9.79 Å². The molecule has 1 aromatic carbocycles. The minimum Gasteiger partial charge on any atom is -0.496 e. The average molecular weight is 435 g/mol. The van der Waals surface area contributed by atoms with Crippen molar-refractivity contribution in [2.75, 3.05) is 20.8 Å². The molecule has 0 aliphatic heterocycles. The number of nitrogens with one attached hydrogen (secondary N) is 2. The maximum absolute atomic E-state index is 11.8. The van der Waals surface area contributed by atoms with Crippen molar-refractivity contribution < 1.29 is 14.3 Å². The highest BCUT2D eigenvalue weighted by Crippen LogP contribution is 2.21. The van der Waals surface area contributed by atoms with Gasteiger partial charge in [0.1, 0.15) is 11.3 Å². The van der Waals surface area contributed by atoms with Gasteiger partial charge in [-0.15, -0.1) is 24.0 Å². The minimum absolute atomic E-state index is 0. The van der Waals surface area contributed by atoms with Crippen molar-refractivity contribution in [2.24, 2.45) is 4.99 Å². The third-order valence-corrected chi connectivity index (χ3v) is 2.86. The zero-order valence-corrected chi connectivity index (χ0v) is 16.6. The first kappa shape index (κ1) is 21.5. The number of ether oxygens (including phenoxy) is 2. The fraction of sp³-hybridized carbons (Fsp3) is 0.500. The number of nitrogens with zero attached hydrogens (tertiary/aromatic N) is 1. The van der Waals surface area contributed by atoms with Gasteiger partial charge in [0.15, 0.2) is 5.96 Å². The summed E-state index contributed by atoms with van der Waals surface area (Å²) >= 11 is 0. The smallest absolute Gasteiger partial charge is 0.341 e. The SMILES string of the molecule is CCNC(=NCc1ccc(OC)c(C(=O)OC)c1)NC(C)C.I. The lowest BCUT2D eigenvalue weighted by atomic mass is 10.1. The van der Waals surface area contributed by atoms with Crippen molar-refractivity contribution in [2.45, 2.75) is 33.4 Å². The highest BCUT2D eigenvalue weighted by Gasteiger charge is 2.13. The van der Waals surface area contributed by atoms with Crippen LogP contribution in [0.15, 0.2) is 23.2 Å². The minimum atomic E-state index is -0.421. The molecule has 0 aliphatic rings. The Bertz CT molecular complexity index is 533. The number of halogens is 1. The number of rotatable bonds is 6. The lowest BCUT2D eigenvalue weighted by molar-refractivity contribution is 0.0597. The van der Waals surface area contributed by atoms with Gasteiger partial charge in [0.2, 0.25) is 0 Å². The first-order valence-corrected chi connectivity index (χ1v) is 7.31. The summed E-state index contributed by atoms with van der Waals surface area (Å²) in [7, 11) is 2.87. The van der Waals surface area contributed by atoms with Crippen LogP contribution in [-0.2, 0) is 11.3 Å². The number of guanidine groups is 1. The average Bonchev–Trinajstić information content (AvgIpc) is 2.51. The van der Waals surface area contributed by atoms with Gasteiger partial charge in [-0.05, 0) is 38.5 Å². The van der Waals surface area contributed by atoms with E-state index in [-0.39, 0.29) is 24.0 Å². The van der Waals surface area contributed by atoms with Crippen molar-refractivity contribution in [1.29, 1.82) is 0 Å². The van der Waals surface area contributed by atoms with Crippen molar-refractivity contribution >= 4 is 35.9 Å². The quantitative estimate of drug-likeness (QED) is 0.311. The van der Waals surface area contributed by atoms with E-state index in [1.807, 2.05) is 13.0 Å². The normalized spacial score (nSPS) is 10.8. The van der Waals surface area contributed by atoms with Crippen molar-refractivity contribution in [3.63, 3.8) is 0 Å². The van der Waals surface area contributed by atoms with Gasteiger partial charge in [-0.1, -0.05) is 6.07 Å². The molecule has 7 heteroatoms. The molecule has 1 rings (SSSR count). The van der Waals surface area contributed by atoms with Crippen molar-refractivity contribution in [1.82, 2.24) is 10.6 Å². The number of hydrogen-bond donors (Lipinski definition) is 2. The topological polar surface area (TPSA) is 72.0 Å². The molecule has 0 spiro atoms. The molecule has 0 amide bonds. The molecule has 0 radical (unpaired) electrons. The third-order valence-electron chi connectivity index (χ3n) is 2.86. The molecular weight excluding hydrogens is 409 g/mol. The van der Waals surface area contributed by atoms with E-state index in [2.05, 4.69) is 29.5 Å². The fourth-order valence-corrected chi connectivity index (χ4v) is 1.89. The van der Waals surface area contributed by atoms with E-state index >= 15 is 0 Å². The number of hydrogen-bond acceptors (Lipinski definition) is 4. The van der Waals surface area contributed by atoms with Crippen LogP contribution in [0.2, 0.25) is 0 Å². The van der Waals surface area contributed by atoms with E-state index in [4.69, 9.17) is 9.47 Å². The molecule has 0 saturated carbocycles. The van der Waals surface area contributed by atoms with E-state index in [1.54, 1.807) is 12.1 Å². The zero-order chi connectivity index (χ0) is 16.5. The monoisotopic (exact) mass is 435 g/mol. The molecule has 0 aromatic heterocycles. The molecule has 130 valence electrons. The lowest BCUT2D eigenvalue weighted by Gasteiger charge is -2.14. The molecule has 0 saturated heterocycles. The summed E-state index contributed by atoms with van der Waals surface area (Å²) in [6.45, 7) is 7.36. The molecular formula is C16H26IN3O3. The number of aliphatic imine (C=N–C) groups is 1. The second kappa shape index (κ2) is 11.1. The lowest BCUT2D eigenvalue weighted by Crippen LogP contribution is -2.41. The summed E-state index contributed by atoms with van der Waals surface area (Å²) < 4.78 is 9.95. The maximum Gasteiger partial charge on any atom is 0.341 e. The summed E-state index contributed by atoms with van der Waals surface area (Å²) in [4.78, 5) is 16.3. The van der Waals surface area contributed by atoms with Gasteiger partial charge in [0.25, 0.3) is 0 Å². The number of carbonyl (C=O) groups is 1. The highest BCUT2D eigenvalue weighted by atomic mass is 127. The van der Waals surface area contributed by atoms with E-state index in [0.29, 0.717) is 23.9 Å². The molecule has 0 heterocycles. The fourth-order valence-electron chi connectivity index (χ4n) is 1.89. The van der Waals surface area contributed by atoms with Crippen molar-refractivity contribution in [3.8, 4) is 5.75 Å². The second-order valence-electron chi connectivity index (χ2n) is 5.02. The Balaban J connectivity index is 0.00000484. The van der Waals surface area contributed by atoms with E-state index < -0.39 is 5.97 Å². The molecule has 0 fully saturated rings. The van der Waals surface area contributed by atoms with Crippen LogP contribution in [0.4, 0.5) is 0 Å². The summed E-state index contributed by atoms with van der Waals surface area (Å²) in [6.07, 6.45) is 0. The first-order chi connectivity index (χ1) is 10.5. The Labute approximate surface area is 155 Å². The second-order valence-corrected chi connectivity index (χ2v) is 5.02. The number of carbonyl (C=O) groups excluding carboxylic acids is 1. The first-order valence-electron chi connectivity index (χ1n) is 7.31. The predicted octanol–water partition coefficient (Wildman–Crippen LogP) is 2.56. The summed E-state index contributed by atoms with van der Waals surface area (Å²) in [5.41, 5.74) is 1.31. The Morgan fingerprint density at radius 3 is 2.52 bits per heavy atom. The van der Waals surface area contributed by atoms with E-state index in [0.717, 1.165) is 18.1 Å². The van der Waals surface area contributed by atoms with Crippen LogP contribution < -0.4 is 15.4 Å².